The van der Waals surface area contributed by atoms with Crippen molar-refractivity contribution in [2.24, 2.45) is 0 Å². The third-order valence-corrected chi connectivity index (χ3v) is 5.38. The second-order valence-electron chi connectivity index (χ2n) is 5.67. The van der Waals surface area contributed by atoms with Crippen LogP contribution < -0.4 is 15.4 Å². The molecule has 0 fully saturated rings. The van der Waals surface area contributed by atoms with Crippen LogP contribution in [0.1, 0.15) is 27.6 Å². The summed E-state index contributed by atoms with van der Waals surface area (Å²) in [5, 5.41) is 6.10. The first kappa shape index (κ1) is 21.2. The quantitative estimate of drug-likeness (QED) is 0.402. The summed E-state index contributed by atoms with van der Waals surface area (Å²) in [6.07, 6.45) is 0. The van der Waals surface area contributed by atoms with Crippen LogP contribution in [0, 0.1) is 0 Å². The fourth-order valence-electron chi connectivity index (χ4n) is 2.48. The molecule has 0 aliphatic carbocycles. The summed E-state index contributed by atoms with van der Waals surface area (Å²) >= 11 is 9.87. The summed E-state index contributed by atoms with van der Waals surface area (Å²) < 4.78 is 11.8. The molecule has 1 aromatic heterocycles. The lowest BCUT2D eigenvalue weighted by Crippen LogP contribution is -2.34. The van der Waals surface area contributed by atoms with Gasteiger partial charge in [0.15, 0.2) is 10.2 Å². The molecule has 1 heterocycles. The number of halogens is 1. The molecule has 7 nitrogen and oxygen atoms in total. The number of anilines is 1. The smallest absolute Gasteiger partial charge is 0.338 e. The molecule has 0 aliphatic rings. The van der Waals surface area contributed by atoms with E-state index < -0.39 is 5.91 Å². The largest absolute Gasteiger partial charge is 0.496 e. The maximum atomic E-state index is 12.5. The average molecular weight is 494 g/mol. The molecule has 0 radical (unpaired) electrons. The van der Waals surface area contributed by atoms with Gasteiger partial charge in [-0.1, -0.05) is 27.3 Å². The van der Waals surface area contributed by atoms with Crippen LogP contribution in [0.2, 0.25) is 0 Å². The zero-order valence-corrected chi connectivity index (χ0v) is 18.7. The van der Waals surface area contributed by atoms with Crippen LogP contribution in [-0.2, 0) is 4.74 Å². The van der Waals surface area contributed by atoms with Gasteiger partial charge in [-0.25, -0.2) is 9.78 Å². The molecule has 0 spiro atoms. The number of methoxy groups -OCH3 is 1. The van der Waals surface area contributed by atoms with Gasteiger partial charge in [-0.05, 0) is 55.5 Å². The molecule has 29 heavy (non-hydrogen) atoms. The zero-order chi connectivity index (χ0) is 21.0. The van der Waals surface area contributed by atoms with Crippen molar-refractivity contribution in [3.05, 3.63) is 52.0 Å². The van der Waals surface area contributed by atoms with E-state index in [-0.39, 0.29) is 11.1 Å². The maximum absolute atomic E-state index is 12.5. The molecule has 0 unspecified atom stereocenters. The zero-order valence-electron chi connectivity index (χ0n) is 15.4. The van der Waals surface area contributed by atoms with E-state index >= 15 is 0 Å². The molecule has 1 amide bonds. The van der Waals surface area contributed by atoms with Gasteiger partial charge in [0.25, 0.3) is 5.91 Å². The molecule has 10 heteroatoms. The molecule has 0 saturated heterocycles. The van der Waals surface area contributed by atoms with E-state index in [4.69, 9.17) is 21.7 Å². The summed E-state index contributed by atoms with van der Waals surface area (Å²) in [6.45, 7) is 2.06. The maximum Gasteiger partial charge on any atom is 0.338 e. The molecule has 3 rings (SSSR count). The highest BCUT2D eigenvalue weighted by Gasteiger charge is 2.16. The minimum Gasteiger partial charge on any atom is -0.496 e. The monoisotopic (exact) mass is 493 g/mol. The molecule has 2 N–H and O–H groups in total. The number of aromatic nitrogens is 1. The summed E-state index contributed by atoms with van der Waals surface area (Å²) in [5.74, 6) is -0.366. The molecule has 150 valence electrons. The Hall–Kier alpha value is -2.56. The van der Waals surface area contributed by atoms with Crippen LogP contribution in [0.4, 0.5) is 5.13 Å². The molecule has 3 aromatic rings. The number of hydrogen-bond acceptors (Lipinski definition) is 7. The number of nitrogens with one attached hydrogen (secondary N) is 2. The Morgan fingerprint density at radius 3 is 2.76 bits per heavy atom. The van der Waals surface area contributed by atoms with E-state index in [1.165, 1.54) is 18.4 Å². The number of amides is 1. The molecular formula is C19H16BrN3O4S2. The lowest BCUT2D eigenvalue weighted by atomic mass is 10.2. The van der Waals surface area contributed by atoms with E-state index in [0.717, 1.165) is 9.17 Å². The van der Waals surface area contributed by atoms with Crippen molar-refractivity contribution in [2.75, 3.05) is 19.0 Å². The first-order valence-corrected chi connectivity index (χ1v) is 10.5. The Kier molecular flexibility index (Phi) is 6.78. The minimum absolute atomic E-state index is 0.0988. The van der Waals surface area contributed by atoms with Crippen LogP contribution in [-0.4, -0.2) is 35.7 Å². The van der Waals surface area contributed by atoms with Gasteiger partial charge in [-0.3, -0.25) is 10.1 Å². The van der Waals surface area contributed by atoms with E-state index in [1.54, 1.807) is 43.3 Å². The van der Waals surface area contributed by atoms with Crippen LogP contribution >= 0.6 is 39.5 Å². The number of rotatable bonds is 5. The number of benzene rings is 2. The summed E-state index contributed by atoms with van der Waals surface area (Å²) in [7, 11) is 1.49. The number of hydrogen-bond donors (Lipinski definition) is 2. The van der Waals surface area contributed by atoms with Crippen LogP contribution in [0.5, 0.6) is 5.75 Å². The van der Waals surface area contributed by atoms with Crippen LogP contribution in [0.15, 0.2) is 40.9 Å². The number of thiocarbonyl (C=S) groups is 1. The summed E-state index contributed by atoms with van der Waals surface area (Å²) in [4.78, 5) is 28.8. The predicted octanol–water partition coefficient (Wildman–Crippen LogP) is 4.37. The Labute approximate surface area is 184 Å². The van der Waals surface area contributed by atoms with Crippen molar-refractivity contribution < 1.29 is 19.1 Å². The van der Waals surface area contributed by atoms with Crippen LogP contribution in [0.3, 0.4) is 0 Å². The molecule has 0 atom stereocenters. The average Bonchev–Trinajstić information content (AvgIpc) is 3.09. The number of fused-ring (bicyclic) bond motifs is 1. The fourth-order valence-corrected chi connectivity index (χ4v) is 4.00. The number of carbonyl (C=O) groups excluding carboxylic acids is 2. The summed E-state index contributed by atoms with van der Waals surface area (Å²) in [5.41, 5.74) is 1.50. The second kappa shape index (κ2) is 9.29. The first-order valence-electron chi connectivity index (χ1n) is 8.45. The highest BCUT2D eigenvalue weighted by molar-refractivity contribution is 9.10. The second-order valence-corrected chi connectivity index (χ2v) is 8.03. The van der Waals surface area contributed by atoms with Crippen molar-refractivity contribution in [1.29, 1.82) is 0 Å². The molecular weight excluding hydrogens is 478 g/mol. The van der Waals surface area contributed by atoms with Crippen molar-refractivity contribution in [2.45, 2.75) is 6.92 Å². The van der Waals surface area contributed by atoms with Crippen molar-refractivity contribution in [1.82, 2.24) is 10.3 Å². The van der Waals surface area contributed by atoms with Gasteiger partial charge in [0, 0.05) is 4.47 Å². The van der Waals surface area contributed by atoms with Gasteiger partial charge < -0.3 is 14.8 Å². The molecule has 2 aromatic carbocycles. The predicted molar refractivity (Wildman–Crippen MR) is 120 cm³/mol. The van der Waals surface area contributed by atoms with E-state index in [0.29, 0.717) is 34.1 Å². The lowest BCUT2D eigenvalue weighted by molar-refractivity contribution is 0.0526. The normalized spacial score (nSPS) is 10.4. The standard InChI is InChI=1S/C19H16BrN3O4S2/c1-3-27-17(25)10-4-6-13-15(8-10)29-19(21-13)23-18(28)22-16(24)12-9-11(20)5-7-14(12)26-2/h4-9H,3H2,1-2H3,(H2,21,22,23,24,28). The Morgan fingerprint density at radius 1 is 1.24 bits per heavy atom. The number of ether oxygens (including phenoxy) is 2. The Balaban J connectivity index is 1.72. The van der Waals surface area contributed by atoms with E-state index in [2.05, 4.69) is 31.5 Å². The minimum atomic E-state index is -0.411. The van der Waals surface area contributed by atoms with Gasteiger partial charge >= 0.3 is 5.97 Å². The fraction of sp³-hybridized carbons (Fsp3) is 0.158. The summed E-state index contributed by atoms with van der Waals surface area (Å²) in [6, 6.07) is 10.2. The van der Waals surface area contributed by atoms with Crippen LogP contribution in [0.25, 0.3) is 10.2 Å². The molecule has 0 bridgehead atoms. The number of nitrogens with zero attached hydrogens (tertiary/aromatic N) is 1. The van der Waals surface area contributed by atoms with Gasteiger partial charge in [-0.15, -0.1) is 0 Å². The van der Waals surface area contributed by atoms with Crippen molar-refractivity contribution >= 4 is 71.8 Å². The van der Waals surface area contributed by atoms with Gasteiger partial charge in [0.1, 0.15) is 5.75 Å². The Morgan fingerprint density at radius 2 is 2.03 bits per heavy atom. The first-order chi connectivity index (χ1) is 13.9. The highest BCUT2D eigenvalue weighted by Crippen LogP contribution is 2.27. The van der Waals surface area contributed by atoms with Gasteiger partial charge in [0.2, 0.25) is 0 Å². The third-order valence-electron chi connectivity index (χ3n) is 3.75. The Bertz CT molecular complexity index is 1100. The molecule has 0 saturated carbocycles. The van der Waals surface area contributed by atoms with Crippen molar-refractivity contribution in [3.63, 3.8) is 0 Å². The lowest BCUT2D eigenvalue weighted by Gasteiger charge is -2.10. The highest BCUT2D eigenvalue weighted by atomic mass is 79.9. The SMILES string of the molecule is CCOC(=O)c1ccc2nc(NC(=S)NC(=O)c3cc(Br)ccc3OC)sc2c1. The third kappa shape index (κ3) is 5.08. The van der Waals surface area contributed by atoms with Crippen molar-refractivity contribution in [3.8, 4) is 5.75 Å². The molecule has 0 aliphatic heterocycles. The number of carbonyl (C=O) groups is 2. The van der Waals surface area contributed by atoms with Gasteiger partial charge in [-0.2, -0.15) is 0 Å². The van der Waals surface area contributed by atoms with E-state index in [9.17, 15) is 9.59 Å². The topological polar surface area (TPSA) is 89.5 Å². The number of esters is 1. The van der Waals surface area contributed by atoms with Gasteiger partial charge in [0.05, 0.1) is 35.1 Å². The number of thiazole rings is 1. The van der Waals surface area contributed by atoms with E-state index in [1.807, 2.05) is 0 Å².